The van der Waals surface area contributed by atoms with Gasteiger partial charge in [0.15, 0.2) is 0 Å². The van der Waals surface area contributed by atoms with Gasteiger partial charge in [0, 0.05) is 0 Å². The Kier molecular flexibility index (Phi) is 13.7. The van der Waals surface area contributed by atoms with E-state index in [4.69, 9.17) is 0 Å². The Bertz CT molecular complexity index is 285. The van der Waals surface area contributed by atoms with Crippen molar-refractivity contribution in [1.29, 1.82) is 0 Å². The number of esters is 4. The highest BCUT2D eigenvalue weighted by molar-refractivity contribution is 14.1. The van der Waals surface area contributed by atoms with Gasteiger partial charge in [-0.2, -0.15) is 0 Å². The molecule has 0 aliphatic heterocycles. The molecule has 0 heterocycles. The number of hydrogen-bond acceptors (Lipinski definition) is 8. The summed E-state index contributed by atoms with van der Waals surface area (Å²) in [4.78, 5) is 44.9. The van der Waals surface area contributed by atoms with Gasteiger partial charge in [0.1, 0.15) is 12.8 Å². The molecule has 0 bridgehead atoms. The van der Waals surface area contributed by atoms with Crippen LogP contribution in [0.2, 0.25) is 0 Å². The number of ether oxygens (including phenoxy) is 4. The van der Waals surface area contributed by atoms with Crippen molar-refractivity contribution in [1.82, 2.24) is 0 Å². The topological polar surface area (TPSA) is 105 Å². The van der Waals surface area contributed by atoms with Crippen LogP contribution in [0.1, 0.15) is 12.8 Å². The second-order valence-electron chi connectivity index (χ2n) is 2.66. The number of rotatable bonds is 6. The molecule has 0 spiro atoms. The van der Waals surface area contributed by atoms with Gasteiger partial charge in [-0.1, -0.05) is 22.6 Å². The Morgan fingerprint density at radius 1 is 0.737 bits per heavy atom. The van der Waals surface area contributed by atoms with Gasteiger partial charge in [-0.25, -0.2) is 0 Å². The third-order valence-electron chi connectivity index (χ3n) is 1.47. The molecule has 19 heavy (non-hydrogen) atoms. The number of halogens is 1. The summed E-state index contributed by atoms with van der Waals surface area (Å²) >= 11 is 2.15. The van der Waals surface area contributed by atoms with Gasteiger partial charge >= 0.3 is 23.9 Å². The second-order valence-corrected chi connectivity index (χ2v) is 2.66. The number of methoxy groups -OCH3 is 2. The molecule has 8 nitrogen and oxygen atoms in total. The molecule has 9 heteroatoms. The summed E-state index contributed by atoms with van der Waals surface area (Å²) in [5.74, 6) is -3.34. The van der Waals surface area contributed by atoms with E-state index in [9.17, 15) is 19.2 Å². The highest BCUT2D eigenvalue weighted by Crippen LogP contribution is 1.93. The molecule has 0 aliphatic rings. The van der Waals surface area contributed by atoms with Crippen LogP contribution in [0, 0.1) is 0 Å². The number of alkyl halides is 1. The van der Waals surface area contributed by atoms with Crippen molar-refractivity contribution in [3.05, 3.63) is 0 Å². The lowest BCUT2D eigenvalue weighted by atomic mass is 10.4. The van der Waals surface area contributed by atoms with Gasteiger partial charge in [0.05, 0.1) is 14.2 Å². The van der Waals surface area contributed by atoms with Crippen LogP contribution in [0.25, 0.3) is 0 Å². The standard InChI is InChI=1S/C9H12O8.CH3I/c1-14-6(10)3-8(12)16-5-17-9(13)4-7(11)15-2;1-2/h3-5H2,1-2H3;1H3. The van der Waals surface area contributed by atoms with Crippen LogP contribution in [0.4, 0.5) is 0 Å². The molecule has 0 saturated carbocycles. The first kappa shape index (κ1) is 19.9. The molecule has 0 amide bonds. The molecular weight excluding hydrogens is 375 g/mol. The SMILES string of the molecule is CI.COC(=O)CC(=O)OCOC(=O)CC(=O)OC. The van der Waals surface area contributed by atoms with E-state index in [0.717, 1.165) is 14.2 Å². The zero-order chi connectivity index (χ0) is 15.3. The van der Waals surface area contributed by atoms with Crippen LogP contribution in [0.5, 0.6) is 0 Å². The van der Waals surface area contributed by atoms with Gasteiger partial charge in [-0.3, -0.25) is 19.2 Å². The highest BCUT2D eigenvalue weighted by Gasteiger charge is 2.13. The summed E-state index contributed by atoms with van der Waals surface area (Å²) in [6.45, 7) is -0.675. The molecule has 0 aromatic carbocycles. The predicted octanol–water partition coefficient (Wildman–Crippen LogP) is 0.208. The maximum Gasteiger partial charge on any atom is 0.320 e. The molecular formula is C10H15IO8. The van der Waals surface area contributed by atoms with Crippen LogP contribution in [0.15, 0.2) is 0 Å². The first-order chi connectivity index (χ1) is 8.99. The normalized spacial score (nSPS) is 8.42. The Morgan fingerprint density at radius 2 is 1.05 bits per heavy atom. The van der Waals surface area contributed by atoms with E-state index in [0.29, 0.717) is 0 Å². The summed E-state index contributed by atoms with van der Waals surface area (Å²) in [7, 11) is 2.23. The smallest absolute Gasteiger partial charge is 0.320 e. The molecule has 0 N–H and O–H groups in total. The fourth-order valence-electron chi connectivity index (χ4n) is 0.643. The number of carbonyl (C=O) groups is 4. The fourth-order valence-corrected chi connectivity index (χ4v) is 0.643. The van der Waals surface area contributed by atoms with E-state index < -0.39 is 43.5 Å². The van der Waals surface area contributed by atoms with Crippen LogP contribution in [-0.4, -0.2) is 49.8 Å². The molecule has 0 fully saturated rings. The minimum atomic E-state index is -0.900. The van der Waals surface area contributed by atoms with Crippen molar-refractivity contribution in [2.24, 2.45) is 0 Å². The Hall–Kier alpha value is -1.39. The van der Waals surface area contributed by atoms with Crippen molar-refractivity contribution in [3.63, 3.8) is 0 Å². The molecule has 0 radical (unpaired) electrons. The van der Waals surface area contributed by atoms with Crippen LogP contribution in [-0.2, 0) is 38.1 Å². The predicted molar refractivity (Wildman–Crippen MR) is 70.3 cm³/mol. The first-order valence-corrected chi connectivity index (χ1v) is 6.98. The van der Waals surface area contributed by atoms with Crippen LogP contribution < -0.4 is 0 Å². The summed E-state index contributed by atoms with van der Waals surface area (Å²) in [6.07, 6.45) is -1.16. The zero-order valence-corrected chi connectivity index (χ0v) is 12.9. The van der Waals surface area contributed by atoms with Gasteiger partial charge in [0.25, 0.3) is 0 Å². The molecule has 0 rings (SSSR count). The summed E-state index contributed by atoms with van der Waals surface area (Å²) in [5.41, 5.74) is 0. The largest absolute Gasteiger partial charge is 0.469 e. The lowest BCUT2D eigenvalue weighted by molar-refractivity contribution is -0.170. The summed E-state index contributed by atoms with van der Waals surface area (Å²) < 4.78 is 17.1. The maximum absolute atomic E-state index is 10.9. The quantitative estimate of drug-likeness (QED) is 0.158. The summed E-state index contributed by atoms with van der Waals surface area (Å²) in [5, 5.41) is 0. The van der Waals surface area contributed by atoms with Crippen LogP contribution in [0.3, 0.4) is 0 Å². The summed E-state index contributed by atoms with van der Waals surface area (Å²) in [6, 6.07) is 0. The third-order valence-corrected chi connectivity index (χ3v) is 1.47. The minimum Gasteiger partial charge on any atom is -0.469 e. The van der Waals surface area contributed by atoms with E-state index in [1.165, 1.54) is 0 Å². The zero-order valence-electron chi connectivity index (χ0n) is 10.8. The minimum absolute atomic E-state index is 0.578. The Morgan fingerprint density at radius 3 is 1.32 bits per heavy atom. The van der Waals surface area contributed by atoms with Gasteiger partial charge < -0.3 is 18.9 Å². The monoisotopic (exact) mass is 390 g/mol. The fraction of sp³-hybridized carbons (Fsp3) is 0.600. The van der Waals surface area contributed by atoms with E-state index in [-0.39, 0.29) is 0 Å². The van der Waals surface area contributed by atoms with Gasteiger partial charge in [-0.15, -0.1) is 0 Å². The van der Waals surface area contributed by atoms with E-state index >= 15 is 0 Å². The van der Waals surface area contributed by atoms with E-state index in [1.807, 2.05) is 4.93 Å². The Labute approximate surface area is 123 Å². The van der Waals surface area contributed by atoms with Crippen molar-refractivity contribution >= 4 is 46.5 Å². The second kappa shape index (κ2) is 13.1. The molecule has 0 unspecified atom stereocenters. The molecule has 0 aromatic rings. The first-order valence-electron chi connectivity index (χ1n) is 4.82. The van der Waals surface area contributed by atoms with Gasteiger partial charge in [-0.05, 0) is 4.93 Å². The van der Waals surface area contributed by atoms with Crippen LogP contribution >= 0.6 is 22.6 Å². The van der Waals surface area contributed by atoms with Crippen molar-refractivity contribution < 1.29 is 38.1 Å². The number of hydrogen-bond donors (Lipinski definition) is 0. The molecule has 0 saturated heterocycles. The molecule has 110 valence electrons. The van der Waals surface area contributed by atoms with Crippen molar-refractivity contribution in [3.8, 4) is 0 Å². The van der Waals surface area contributed by atoms with E-state index in [2.05, 4.69) is 41.5 Å². The van der Waals surface area contributed by atoms with Crippen molar-refractivity contribution in [2.45, 2.75) is 12.8 Å². The average molecular weight is 390 g/mol. The van der Waals surface area contributed by atoms with E-state index in [1.54, 1.807) is 0 Å². The van der Waals surface area contributed by atoms with Gasteiger partial charge in [0.2, 0.25) is 6.79 Å². The maximum atomic E-state index is 10.9. The third kappa shape index (κ3) is 12.9. The molecule has 0 aliphatic carbocycles. The number of carbonyl (C=O) groups excluding carboxylic acids is 4. The molecule has 0 atom stereocenters. The molecule has 0 aromatic heterocycles. The lowest BCUT2D eigenvalue weighted by Crippen LogP contribution is -2.18. The lowest BCUT2D eigenvalue weighted by Gasteiger charge is -2.05. The highest BCUT2D eigenvalue weighted by atomic mass is 127. The van der Waals surface area contributed by atoms with Crippen molar-refractivity contribution in [2.75, 3.05) is 25.9 Å². The average Bonchev–Trinajstić information content (AvgIpc) is 2.40. The Balaban J connectivity index is 0.